The maximum Gasteiger partial charge on any atom is 0.119 e. The Kier molecular flexibility index (Phi) is 6.18. The van der Waals surface area contributed by atoms with Crippen LogP contribution in [0.25, 0.3) is 0 Å². The van der Waals surface area contributed by atoms with Gasteiger partial charge in [-0.15, -0.1) is 0 Å². The SMILES string of the molecule is COCCCON=C(C)C. The zero-order valence-electron chi connectivity index (χ0n) is 6.89. The Labute approximate surface area is 62.0 Å². The van der Waals surface area contributed by atoms with Crippen LogP contribution in [-0.2, 0) is 9.57 Å². The second kappa shape index (κ2) is 6.55. The number of methoxy groups -OCH3 is 1. The van der Waals surface area contributed by atoms with Crippen molar-refractivity contribution in [1.29, 1.82) is 0 Å². The van der Waals surface area contributed by atoms with Gasteiger partial charge >= 0.3 is 0 Å². The highest BCUT2D eigenvalue weighted by Gasteiger charge is 1.84. The molecule has 0 aliphatic rings. The van der Waals surface area contributed by atoms with Crippen LogP contribution in [0.4, 0.5) is 0 Å². The summed E-state index contributed by atoms with van der Waals surface area (Å²) >= 11 is 0. The van der Waals surface area contributed by atoms with E-state index in [0.717, 1.165) is 18.7 Å². The van der Waals surface area contributed by atoms with Crippen molar-refractivity contribution in [3.63, 3.8) is 0 Å². The Morgan fingerprint density at radius 1 is 1.30 bits per heavy atom. The molecule has 3 nitrogen and oxygen atoms in total. The first-order valence-electron chi connectivity index (χ1n) is 3.39. The van der Waals surface area contributed by atoms with Crippen LogP contribution in [0.2, 0.25) is 0 Å². The molecule has 0 aromatic rings. The predicted octanol–water partition coefficient (Wildman–Crippen LogP) is 1.44. The molecule has 3 heteroatoms. The minimum absolute atomic E-state index is 0.638. The zero-order chi connectivity index (χ0) is 7.82. The first kappa shape index (κ1) is 9.43. The normalized spacial score (nSPS) is 9.10. The van der Waals surface area contributed by atoms with Crippen LogP contribution in [0.15, 0.2) is 5.16 Å². The molecular formula is C7H15NO2. The van der Waals surface area contributed by atoms with Gasteiger partial charge in [0.1, 0.15) is 6.61 Å². The van der Waals surface area contributed by atoms with Crippen molar-refractivity contribution < 1.29 is 9.57 Å². The molecule has 0 atom stereocenters. The molecule has 0 aromatic heterocycles. The van der Waals surface area contributed by atoms with Crippen LogP contribution in [0.5, 0.6) is 0 Å². The number of hydrogen-bond acceptors (Lipinski definition) is 3. The van der Waals surface area contributed by atoms with Gasteiger partial charge in [0.25, 0.3) is 0 Å². The lowest BCUT2D eigenvalue weighted by atomic mass is 10.5. The van der Waals surface area contributed by atoms with Gasteiger partial charge in [-0.05, 0) is 13.8 Å². The summed E-state index contributed by atoms with van der Waals surface area (Å²) in [7, 11) is 1.67. The van der Waals surface area contributed by atoms with Gasteiger partial charge in [0.15, 0.2) is 0 Å². The average molecular weight is 145 g/mol. The minimum Gasteiger partial charge on any atom is -0.396 e. The van der Waals surface area contributed by atoms with Crippen LogP contribution in [0, 0.1) is 0 Å². The lowest BCUT2D eigenvalue weighted by molar-refractivity contribution is 0.108. The third kappa shape index (κ3) is 7.43. The largest absolute Gasteiger partial charge is 0.396 e. The highest BCUT2D eigenvalue weighted by atomic mass is 16.6. The van der Waals surface area contributed by atoms with Crippen molar-refractivity contribution in [3.05, 3.63) is 0 Å². The number of hydrogen-bond donors (Lipinski definition) is 0. The molecule has 0 aliphatic carbocycles. The number of oxime groups is 1. The maximum atomic E-state index is 4.91. The lowest BCUT2D eigenvalue weighted by Crippen LogP contribution is -1.95. The van der Waals surface area contributed by atoms with E-state index in [0.29, 0.717) is 6.61 Å². The van der Waals surface area contributed by atoms with Crippen molar-refractivity contribution in [1.82, 2.24) is 0 Å². The van der Waals surface area contributed by atoms with Crippen molar-refractivity contribution in [2.75, 3.05) is 20.3 Å². The van der Waals surface area contributed by atoms with E-state index in [9.17, 15) is 0 Å². The molecule has 0 radical (unpaired) electrons. The lowest BCUT2D eigenvalue weighted by Gasteiger charge is -1.97. The topological polar surface area (TPSA) is 30.8 Å². The van der Waals surface area contributed by atoms with Crippen molar-refractivity contribution in [2.24, 2.45) is 5.16 Å². The van der Waals surface area contributed by atoms with Gasteiger partial charge in [-0.25, -0.2) is 0 Å². The monoisotopic (exact) mass is 145 g/mol. The second-order valence-electron chi connectivity index (χ2n) is 2.22. The van der Waals surface area contributed by atoms with E-state index in [1.54, 1.807) is 7.11 Å². The maximum absolute atomic E-state index is 4.91. The van der Waals surface area contributed by atoms with E-state index in [4.69, 9.17) is 9.57 Å². The average Bonchev–Trinajstić information content (AvgIpc) is 1.87. The van der Waals surface area contributed by atoms with Crippen LogP contribution in [0.3, 0.4) is 0 Å². The van der Waals surface area contributed by atoms with Crippen LogP contribution in [-0.4, -0.2) is 26.0 Å². The van der Waals surface area contributed by atoms with Crippen LogP contribution in [0.1, 0.15) is 20.3 Å². The summed E-state index contributed by atoms with van der Waals surface area (Å²) in [5, 5.41) is 3.76. The van der Waals surface area contributed by atoms with Gasteiger partial charge in [-0.3, -0.25) is 0 Å². The van der Waals surface area contributed by atoms with E-state index in [1.807, 2.05) is 13.8 Å². The van der Waals surface area contributed by atoms with E-state index in [-0.39, 0.29) is 0 Å². The third-order valence-corrected chi connectivity index (χ3v) is 0.831. The summed E-state index contributed by atoms with van der Waals surface area (Å²) in [5.41, 5.74) is 0.942. The summed E-state index contributed by atoms with van der Waals surface area (Å²) in [6.07, 6.45) is 0.896. The van der Waals surface area contributed by atoms with E-state index < -0.39 is 0 Å². The number of nitrogens with zero attached hydrogens (tertiary/aromatic N) is 1. The first-order chi connectivity index (χ1) is 4.77. The first-order valence-corrected chi connectivity index (χ1v) is 3.39. The van der Waals surface area contributed by atoms with Gasteiger partial charge in [0, 0.05) is 20.1 Å². The number of rotatable bonds is 5. The van der Waals surface area contributed by atoms with E-state index in [1.165, 1.54) is 0 Å². The highest BCUT2D eigenvalue weighted by Crippen LogP contribution is 1.84. The molecule has 0 heterocycles. The quantitative estimate of drug-likeness (QED) is 0.333. The molecule has 0 saturated carbocycles. The summed E-state index contributed by atoms with van der Waals surface area (Å²) in [4.78, 5) is 4.91. The molecule has 10 heavy (non-hydrogen) atoms. The molecule has 0 rings (SSSR count). The molecule has 0 N–H and O–H groups in total. The molecular weight excluding hydrogens is 130 g/mol. The smallest absolute Gasteiger partial charge is 0.119 e. The Balaban J connectivity index is 2.98. The molecule has 0 bridgehead atoms. The molecule has 0 spiro atoms. The molecule has 0 amide bonds. The number of ether oxygens (including phenoxy) is 1. The fourth-order valence-electron chi connectivity index (χ4n) is 0.443. The highest BCUT2D eigenvalue weighted by molar-refractivity contribution is 5.78. The van der Waals surface area contributed by atoms with Gasteiger partial charge in [0.2, 0.25) is 0 Å². The van der Waals surface area contributed by atoms with Gasteiger partial charge in [-0.2, -0.15) is 0 Å². The summed E-state index contributed by atoms with van der Waals surface area (Å²) in [6.45, 7) is 5.17. The minimum atomic E-state index is 0.638. The molecule has 0 aromatic carbocycles. The zero-order valence-corrected chi connectivity index (χ0v) is 6.89. The van der Waals surface area contributed by atoms with E-state index >= 15 is 0 Å². The Morgan fingerprint density at radius 3 is 2.50 bits per heavy atom. The van der Waals surface area contributed by atoms with Crippen molar-refractivity contribution >= 4 is 5.71 Å². The van der Waals surface area contributed by atoms with Gasteiger partial charge < -0.3 is 9.57 Å². The summed E-state index contributed by atoms with van der Waals surface area (Å²) in [6, 6.07) is 0. The third-order valence-electron chi connectivity index (χ3n) is 0.831. The Morgan fingerprint density at radius 2 is 2.00 bits per heavy atom. The summed E-state index contributed by atoms with van der Waals surface area (Å²) in [5.74, 6) is 0. The standard InChI is InChI=1S/C7H15NO2/c1-7(2)8-10-6-4-5-9-3/h4-6H2,1-3H3. The summed E-state index contributed by atoms with van der Waals surface area (Å²) < 4.78 is 4.82. The van der Waals surface area contributed by atoms with Crippen molar-refractivity contribution in [2.45, 2.75) is 20.3 Å². The van der Waals surface area contributed by atoms with Crippen LogP contribution < -0.4 is 0 Å². The van der Waals surface area contributed by atoms with Gasteiger partial charge in [-0.1, -0.05) is 5.16 Å². The van der Waals surface area contributed by atoms with E-state index in [2.05, 4.69) is 5.16 Å². The predicted molar refractivity (Wildman–Crippen MR) is 41.2 cm³/mol. The fourth-order valence-corrected chi connectivity index (χ4v) is 0.443. The van der Waals surface area contributed by atoms with Crippen molar-refractivity contribution in [3.8, 4) is 0 Å². The molecule has 0 fully saturated rings. The second-order valence-corrected chi connectivity index (χ2v) is 2.22. The Bertz CT molecular complexity index is 97.8. The van der Waals surface area contributed by atoms with Gasteiger partial charge in [0.05, 0.1) is 5.71 Å². The molecule has 0 saturated heterocycles. The molecule has 0 aliphatic heterocycles. The Hall–Kier alpha value is -0.570. The molecule has 0 unspecified atom stereocenters. The van der Waals surface area contributed by atoms with Crippen LogP contribution >= 0.6 is 0 Å². The molecule has 60 valence electrons. The fraction of sp³-hybridized carbons (Fsp3) is 0.857.